The maximum Gasteiger partial charge on any atom is 0.257 e. The smallest absolute Gasteiger partial charge is 0.257 e. The Hall–Kier alpha value is -4.02. The van der Waals surface area contributed by atoms with E-state index < -0.39 is 0 Å². The van der Waals surface area contributed by atoms with Gasteiger partial charge in [-0.05, 0) is 24.3 Å². The van der Waals surface area contributed by atoms with Crippen molar-refractivity contribution >= 4 is 34.0 Å². The van der Waals surface area contributed by atoms with E-state index in [2.05, 4.69) is 21.6 Å². The number of carbonyl (C=O) groups is 1. The average molecular weight is 398 g/mol. The number of nitriles is 1. The van der Waals surface area contributed by atoms with Gasteiger partial charge in [0.05, 0.1) is 5.57 Å². The molecule has 0 aliphatic heterocycles. The highest BCUT2D eigenvalue weighted by atomic mass is 32.1. The number of benzene rings is 2. The van der Waals surface area contributed by atoms with Crippen LogP contribution in [0, 0.1) is 11.3 Å². The fraction of sp³-hybridized carbons (Fsp3) is 0. The largest absolute Gasteiger partial charge is 0.457 e. The number of amides is 1. The van der Waals surface area contributed by atoms with Crippen LogP contribution >= 0.6 is 11.3 Å². The molecule has 0 bridgehead atoms. The minimum atomic E-state index is -0.283. The zero-order chi connectivity index (χ0) is 20.1. The molecule has 0 atom stereocenters. The van der Waals surface area contributed by atoms with Gasteiger partial charge in [-0.15, -0.1) is 10.2 Å². The van der Waals surface area contributed by atoms with E-state index in [4.69, 9.17) is 4.42 Å². The Bertz CT molecular complexity index is 1200. The summed E-state index contributed by atoms with van der Waals surface area (Å²) in [6.45, 7) is 0. The van der Waals surface area contributed by atoms with Gasteiger partial charge in [0.15, 0.2) is 5.01 Å². The van der Waals surface area contributed by atoms with Crippen LogP contribution in [0.5, 0.6) is 0 Å². The molecule has 4 aromatic rings. The minimum Gasteiger partial charge on any atom is -0.457 e. The maximum absolute atomic E-state index is 12.2. The zero-order valence-corrected chi connectivity index (χ0v) is 15.9. The summed E-state index contributed by atoms with van der Waals surface area (Å²) in [6, 6.07) is 24.3. The molecular weight excluding hydrogens is 384 g/mol. The molecule has 0 aliphatic rings. The van der Waals surface area contributed by atoms with Crippen LogP contribution in [0.3, 0.4) is 0 Å². The first-order valence-electron chi connectivity index (χ1n) is 8.70. The van der Waals surface area contributed by atoms with E-state index in [0.29, 0.717) is 32.8 Å². The Morgan fingerprint density at radius 3 is 2.45 bits per heavy atom. The summed E-state index contributed by atoms with van der Waals surface area (Å²) < 4.78 is 5.81. The fourth-order valence-electron chi connectivity index (χ4n) is 2.61. The van der Waals surface area contributed by atoms with Gasteiger partial charge in [0.25, 0.3) is 5.91 Å². The molecule has 1 N–H and O–H groups in total. The molecule has 7 heteroatoms. The van der Waals surface area contributed by atoms with Crippen LogP contribution in [0.1, 0.15) is 21.1 Å². The highest BCUT2D eigenvalue weighted by Gasteiger charge is 2.13. The number of aromatic nitrogens is 2. The molecule has 6 nitrogen and oxygen atoms in total. The Morgan fingerprint density at radius 1 is 1.00 bits per heavy atom. The van der Waals surface area contributed by atoms with Gasteiger partial charge in [0, 0.05) is 17.2 Å². The number of nitrogens with zero attached hydrogens (tertiary/aromatic N) is 3. The molecule has 0 spiro atoms. The van der Waals surface area contributed by atoms with Crippen molar-refractivity contribution in [3.63, 3.8) is 0 Å². The highest BCUT2D eigenvalue weighted by Crippen LogP contribution is 2.27. The molecule has 0 unspecified atom stereocenters. The van der Waals surface area contributed by atoms with E-state index in [-0.39, 0.29) is 5.91 Å². The van der Waals surface area contributed by atoms with Crippen molar-refractivity contribution in [2.45, 2.75) is 0 Å². The first-order valence-corrected chi connectivity index (χ1v) is 9.52. The molecule has 2 aromatic carbocycles. The second-order valence-electron chi connectivity index (χ2n) is 5.97. The third-order valence-corrected chi connectivity index (χ3v) is 4.88. The number of carbonyl (C=O) groups excluding carboxylic acids is 1. The van der Waals surface area contributed by atoms with Crippen molar-refractivity contribution < 1.29 is 9.21 Å². The van der Waals surface area contributed by atoms with Crippen molar-refractivity contribution in [1.82, 2.24) is 10.2 Å². The van der Waals surface area contributed by atoms with Gasteiger partial charge in [0.2, 0.25) is 5.13 Å². The van der Waals surface area contributed by atoms with E-state index in [0.717, 1.165) is 16.9 Å². The zero-order valence-electron chi connectivity index (χ0n) is 15.1. The summed E-state index contributed by atoms with van der Waals surface area (Å²) in [7, 11) is 0. The number of anilines is 1. The lowest BCUT2D eigenvalue weighted by Gasteiger charge is -1.99. The van der Waals surface area contributed by atoms with Gasteiger partial charge in [-0.2, -0.15) is 5.26 Å². The Labute approximate surface area is 170 Å². The molecule has 0 saturated heterocycles. The Balaban J connectivity index is 1.52. The third-order valence-electron chi connectivity index (χ3n) is 4.00. The summed E-state index contributed by atoms with van der Waals surface area (Å²) >= 11 is 1.12. The Kier molecular flexibility index (Phi) is 5.27. The molecule has 0 saturated carbocycles. The van der Waals surface area contributed by atoms with Crippen molar-refractivity contribution in [3.8, 4) is 17.4 Å². The topological polar surface area (TPSA) is 91.8 Å². The molecule has 2 heterocycles. The molecule has 1 amide bonds. The van der Waals surface area contributed by atoms with Crippen LogP contribution in [0.25, 0.3) is 23.0 Å². The van der Waals surface area contributed by atoms with Crippen molar-refractivity contribution in [1.29, 1.82) is 5.26 Å². The molecule has 29 heavy (non-hydrogen) atoms. The number of furan rings is 1. The standard InChI is InChI=1S/C22H14N4O2S/c23-14-17(13-18-11-12-19(28-18)15-7-3-1-4-8-15)21-25-26-22(29-21)24-20(27)16-9-5-2-6-10-16/h1-13H,(H,24,26,27)/b17-13-. The van der Waals surface area contributed by atoms with Crippen molar-refractivity contribution in [3.05, 3.63) is 89.1 Å². The summed E-state index contributed by atoms with van der Waals surface area (Å²) in [5.74, 6) is 0.960. The lowest BCUT2D eigenvalue weighted by molar-refractivity contribution is 0.102. The van der Waals surface area contributed by atoms with Crippen LogP contribution < -0.4 is 5.32 Å². The monoisotopic (exact) mass is 398 g/mol. The first kappa shape index (κ1) is 18.3. The maximum atomic E-state index is 12.2. The second kappa shape index (κ2) is 8.33. The van der Waals surface area contributed by atoms with Gasteiger partial charge < -0.3 is 4.42 Å². The van der Waals surface area contributed by atoms with E-state index in [1.54, 1.807) is 36.4 Å². The number of allylic oxidation sites excluding steroid dienone is 1. The average Bonchev–Trinajstić information content (AvgIpc) is 3.43. The summed E-state index contributed by atoms with van der Waals surface area (Å²) in [5.41, 5.74) is 1.77. The number of nitrogens with one attached hydrogen (secondary N) is 1. The normalized spacial score (nSPS) is 11.1. The summed E-state index contributed by atoms with van der Waals surface area (Å²) in [6.07, 6.45) is 1.61. The molecule has 140 valence electrons. The fourth-order valence-corrected chi connectivity index (χ4v) is 3.32. The van der Waals surface area contributed by atoms with Gasteiger partial charge >= 0.3 is 0 Å². The van der Waals surface area contributed by atoms with Crippen molar-refractivity contribution in [2.75, 3.05) is 5.32 Å². The lowest BCUT2D eigenvalue weighted by Crippen LogP contribution is -2.11. The lowest BCUT2D eigenvalue weighted by atomic mass is 10.2. The van der Waals surface area contributed by atoms with E-state index >= 15 is 0 Å². The molecular formula is C22H14N4O2S. The predicted molar refractivity (Wildman–Crippen MR) is 112 cm³/mol. The number of hydrogen-bond donors (Lipinski definition) is 1. The SMILES string of the molecule is N#C/C(=C/c1ccc(-c2ccccc2)o1)c1nnc(NC(=O)c2ccccc2)s1. The van der Waals surface area contributed by atoms with Gasteiger partial charge in [-0.1, -0.05) is 59.9 Å². The molecule has 0 radical (unpaired) electrons. The minimum absolute atomic E-state index is 0.283. The van der Waals surface area contributed by atoms with Crippen LogP contribution in [-0.4, -0.2) is 16.1 Å². The number of hydrogen-bond acceptors (Lipinski definition) is 6. The first-order chi connectivity index (χ1) is 14.2. The summed E-state index contributed by atoms with van der Waals surface area (Å²) in [4.78, 5) is 12.2. The van der Waals surface area contributed by atoms with Crippen LogP contribution in [-0.2, 0) is 0 Å². The molecule has 0 fully saturated rings. The highest BCUT2D eigenvalue weighted by molar-refractivity contribution is 7.16. The van der Waals surface area contributed by atoms with Gasteiger partial charge in [0.1, 0.15) is 17.6 Å². The summed E-state index contributed by atoms with van der Waals surface area (Å²) in [5, 5.41) is 20.9. The second-order valence-corrected chi connectivity index (χ2v) is 6.95. The van der Waals surface area contributed by atoms with Crippen molar-refractivity contribution in [2.24, 2.45) is 0 Å². The predicted octanol–water partition coefficient (Wildman–Crippen LogP) is 5.11. The quantitative estimate of drug-likeness (QED) is 0.471. The van der Waals surface area contributed by atoms with Crippen LogP contribution in [0.2, 0.25) is 0 Å². The van der Waals surface area contributed by atoms with E-state index in [1.807, 2.05) is 42.5 Å². The Morgan fingerprint density at radius 2 is 1.72 bits per heavy atom. The molecule has 2 aromatic heterocycles. The van der Waals surface area contributed by atoms with E-state index in [1.165, 1.54) is 0 Å². The van der Waals surface area contributed by atoms with E-state index in [9.17, 15) is 10.1 Å². The van der Waals surface area contributed by atoms with Crippen LogP contribution in [0.15, 0.2) is 77.2 Å². The molecule has 0 aliphatic carbocycles. The van der Waals surface area contributed by atoms with Gasteiger partial charge in [-0.3, -0.25) is 10.1 Å². The van der Waals surface area contributed by atoms with Crippen LogP contribution in [0.4, 0.5) is 5.13 Å². The molecule has 4 rings (SSSR count). The number of rotatable bonds is 5. The van der Waals surface area contributed by atoms with Gasteiger partial charge in [-0.25, -0.2) is 0 Å². The third kappa shape index (κ3) is 4.29.